The summed E-state index contributed by atoms with van der Waals surface area (Å²) in [5, 5.41) is 0. The minimum Gasteiger partial charge on any atom is -0.306 e. The highest BCUT2D eigenvalue weighted by Crippen LogP contribution is 2.19. The van der Waals surface area contributed by atoms with Crippen LogP contribution < -0.4 is 0 Å². The van der Waals surface area contributed by atoms with E-state index >= 15 is 0 Å². The van der Waals surface area contributed by atoms with E-state index in [0.717, 1.165) is 17.8 Å². The molecule has 0 radical (unpaired) electrons. The molecule has 0 bridgehead atoms. The SMILES string of the molecule is CCN(C)C[C@@H](C)C[C@H](C)C(C)C. The molecule has 80 valence electrons. The molecule has 0 spiro atoms. The second kappa shape index (κ2) is 6.42. The summed E-state index contributed by atoms with van der Waals surface area (Å²) in [6, 6.07) is 0. The summed E-state index contributed by atoms with van der Waals surface area (Å²) in [7, 11) is 2.20. The summed E-state index contributed by atoms with van der Waals surface area (Å²) in [6.45, 7) is 14.0. The second-order valence-corrected chi connectivity index (χ2v) is 4.92. The molecule has 0 aliphatic heterocycles. The Bertz CT molecular complexity index is 120. The second-order valence-electron chi connectivity index (χ2n) is 4.92. The summed E-state index contributed by atoms with van der Waals surface area (Å²) < 4.78 is 0. The van der Waals surface area contributed by atoms with Crippen LogP contribution in [0.4, 0.5) is 0 Å². The summed E-state index contributed by atoms with van der Waals surface area (Å²) in [4.78, 5) is 2.40. The van der Waals surface area contributed by atoms with Crippen LogP contribution in [0.2, 0.25) is 0 Å². The first kappa shape index (κ1) is 13.0. The van der Waals surface area contributed by atoms with Gasteiger partial charge in [-0.25, -0.2) is 0 Å². The quantitative estimate of drug-likeness (QED) is 0.614. The molecule has 0 saturated heterocycles. The van der Waals surface area contributed by atoms with E-state index in [-0.39, 0.29) is 0 Å². The Morgan fingerprint density at radius 3 is 2.00 bits per heavy atom. The van der Waals surface area contributed by atoms with Crippen molar-refractivity contribution in [3.63, 3.8) is 0 Å². The van der Waals surface area contributed by atoms with Gasteiger partial charge in [-0.1, -0.05) is 34.6 Å². The van der Waals surface area contributed by atoms with Crippen LogP contribution in [0.15, 0.2) is 0 Å². The first-order valence-corrected chi connectivity index (χ1v) is 5.65. The van der Waals surface area contributed by atoms with Crippen LogP contribution in [0.25, 0.3) is 0 Å². The Morgan fingerprint density at radius 2 is 1.62 bits per heavy atom. The Hall–Kier alpha value is -0.0400. The van der Waals surface area contributed by atoms with Crippen molar-refractivity contribution in [2.75, 3.05) is 20.1 Å². The predicted molar refractivity (Wildman–Crippen MR) is 61.0 cm³/mol. The molecule has 0 aliphatic carbocycles. The van der Waals surface area contributed by atoms with Crippen LogP contribution in [-0.4, -0.2) is 25.0 Å². The predicted octanol–water partition coefficient (Wildman–Crippen LogP) is 3.26. The van der Waals surface area contributed by atoms with Gasteiger partial charge in [0.2, 0.25) is 0 Å². The van der Waals surface area contributed by atoms with Crippen molar-refractivity contribution in [1.82, 2.24) is 4.90 Å². The maximum Gasteiger partial charge on any atom is 0.000395 e. The minimum absolute atomic E-state index is 0.828. The monoisotopic (exact) mass is 185 g/mol. The summed E-state index contributed by atoms with van der Waals surface area (Å²) >= 11 is 0. The third-order valence-electron chi connectivity index (χ3n) is 3.08. The van der Waals surface area contributed by atoms with E-state index < -0.39 is 0 Å². The molecular weight excluding hydrogens is 158 g/mol. The molecule has 0 aromatic carbocycles. The van der Waals surface area contributed by atoms with Gasteiger partial charge in [0.25, 0.3) is 0 Å². The van der Waals surface area contributed by atoms with E-state index in [1.807, 2.05) is 0 Å². The third-order valence-corrected chi connectivity index (χ3v) is 3.08. The number of nitrogens with zero attached hydrogens (tertiary/aromatic N) is 1. The molecule has 0 aliphatic rings. The van der Waals surface area contributed by atoms with Crippen molar-refractivity contribution >= 4 is 0 Å². The van der Waals surface area contributed by atoms with Gasteiger partial charge in [-0.3, -0.25) is 0 Å². The van der Waals surface area contributed by atoms with Crippen LogP contribution in [-0.2, 0) is 0 Å². The van der Waals surface area contributed by atoms with Gasteiger partial charge in [-0.05, 0) is 37.8 Å². The molecule has 0 N–H and O–H groups in total. The molecule has 2 atom stereocenters. The normalized spacial score (nSPS) is 16.6. The van der Waals surface area contributed by atoms with Crippen LogP contribution in [0.5, 0.6) is 0 Å². The van der Waals surface area contributed by atoms with Gasteiger partial charge in [0.15, 0.2) is 0 Å². The van der Waals surface area contributed by atoms with E-state index in [1.165, 1.54) is 19.5 Å². The minimum atomic E-state index is 0.828. The number of hydrogen-bond donors (Lipinski definition) is 0. The highest BCUT2D eigenvalue weighted by molar-refractivity contribution is 4.64. The lowest BCUT2D eigenvalue weighted by Crippen LogP contribution is -2.25. The molecular formula is C12H27N. The number of hydrogen-bond acceptors (Lipinski definition) is 1. The Balaban J connectivity index is 3.67. The lowest BCUT2D eigenvalue weighted by Gasteiger charge is -2.24. The molecule has 0 aromatic rings. The summed E-state index contributed by atoms with van der Waals surface area (Å²) in [6.07, 6.45) is 1.36. The van der Waals surface area contributed by atoms with Crippen LogP contribution in [0, 0.1) is 17.8 Å². The van der Waals surface area contributed by atoms with Crippen molar-refractivity contribution < 1.29 is 0 Å². The van der Waals surface area contributed by atoms with Crippen molar-refractivity contribution in [2.24, 2.45) is 17.8 Å². The molecule has 0 heterocycles. The first-order valence-electron chi connectivity index (χ1n) is 5.65. The zero-order valence-corrected chi connectivity index (χ0v) is 10.3. The van der Waals surface area contributed by atoms with E-state index in [2.05, 4.69) is 46.6 Å². The van der Waals surface area contributed by atoms with Gasteiger partial charge >= 0.3 is 0 Å². The summed E-state index contributed by atoms with van der Waals surface area (Å²) in [5.41, 5.74) is 0. The van der Waals surface area contributed by atoms with Gasteiger partial charge in [0.05, 0.1) is 0 Å². The molecule has 1 heteroatoms. The highest BCUT2D eigenvalue weighted by atomic mass is 15.1. The molecule has 0 rings (SSSR count). The largest absolute Gasteiger partial charge is 0.306 e. The molecule has 0 unspecified atom stereocenters. The van der Waals surface area contributed by atoms with Crippen molar-refractivity contribution in [3.8, 4) is 0 Å². The van der Waals surface area contributed by atoms with Gasteiger partial charge in [-0.2, -0.15) is 0 Å². The average Bonchev–Trinajstić information content (AvgIpc) is 2.03. The lowest BCUT2D eigenvalue weighted by molar-refractivity contribution is 0.250. The van der Waals surface area contributed by atoms with E-state index in [0.29, 0.717) is 0 Å². The van der Waals surface area contributed by atoms with Crippen molar-refractivity contribution in [1.29, 1.82) is 0 Å². The first-order chi connectivity index (χ1) is 5.97. The Kier molecular flexibility index (Phi) is 6.40. The molecule has 13 heavy (non-hydrogen) atoms. The molecule has 0 amide bonds. The van der Waals surface area contributed by atoms with E-state index in [9.17, 15) is 0 Å². The standard InChI is InChI=1S/C12H27N/c1-7-13(6)9-11(4)8-12(5)10(2)3/h10-12H,7-9H2,1-6H3/t11-,12-/m0/s1. The fourth-order valence-electron chi connectivity index (χ4n) is 1.64. The van der Waals surface area contributed by atoms with Crippen LogP contribution in [0.3, 0.4) is 0 Å². The topological polar surface area (TPSA) is 3.24 Å². The third kappa shape index (κ3) is 6.09. The molecule has 0 saturated carbocycles. The highest BCUT2D eigenvalue weighted by Gasteiger charge is 2.12. The Labute approximate surface area is 84.5 Å². The fourth-order valence-corrected chi connectivity index (χ4v) is 1.64. The van der Waals surface area contributed by atoms with Crippen molar-refractivity contribution in [2.45, 2.75) is 41.0 Å². The van der Waals surface area contributed by atoms with Gasteiger partial charge < -0.3 is 4.90 Å². The van der Waals surface area contributed by atoms with Gasteiger partial charge in [0, 0.05) is 6.54 Å². The zero-order valence-electron chi connectivity index (χ0n) is 10.3. The van der Waals surface area contributed by atoms with Gasteiger partial charge in [-0.15, -0.1) is 0 Å². The molecule has 1 nitrogen and oxygen atoms in total. The maximum absolute atomic E-state index is 2.40. The van der Waals surface area contributed by atoms with Crippen molar-refractivity contribution in [3.05, 3.63) is 0 Å². The maximum atomic E-state index is 2.40. The van der Waals surface area contributed by atoms with Crippen LogP contribution >= 0.6 is 0 Å². The van der Waals surface area contributed by atoms with Gasteiger partial charge in [0.1, 0.15) is 0 Å². The fraction of sp³-hybridized carbons (Fsp3) is 1.00. The molecule has 0 fully saturated rings. The zero-order chi connectivity index (χ0) is 10.4. The number of rotatable bonds is 6. The average molecular weight is 185 g/mol. The summed E-state index contributed by atoms with van der Waals surface area (Å²) in [5.74, 6) is 2.52. The Morgan fingerprint density at radius 1 is 1.08 bits per heavy atom. The smallest absolute Gasteiger partial charge is 0.000395 e. The molecule has 0 aromatic heterocycles. The van der Waals surface area contributed by atoms with Crippen LogP contribution in [0.1, 0.15) is 41.0 Å². The van der Waals surface area contributed by atoms with E-state index in [1.54, 1.807) is 0 Å². The van der Waals surface area contributed by atoms with E-state index in [4.69, 9.17) is 0 Å². The lowest BCUT2D eigenvalue weighted by atomic mass is 9.88.